The van der Waals surface area contributed by atoms with Gasteiger partial charge in [0.15, 0.2) is 0 Å². The van der Waals surface area contributed by atoms with Gasteiger partial charge in [-0.3, -0.25) is 9.69 Å². The summed E-state index contributed by atoms with van der Waals surface area (Å²) < 4.78 is 11.9. The molecule has 1 atom stereocenters. The minimum absolute atomic E-state index is 0.159. The van der Waals surface area contributed by atoms with E-state index in [1.807, 2.05) is 31.2 Å². The SMILES string of the molecule is CCOC(=O)C1CNCCN1CCOc1ccc(Br)cc1. The summed E-state index contributed by atoms with van der Waals surface area (Å²) >= 11 is 3.39. The van der Waals surface area contributed by atoms with Gasteiger partial charge in [0, 0.05) is 30.7 Å². The molecule has 2 rings (SSSR count). The Hall–Kier alpha value is -1.11. The average molecular weight is 357 g/mol. The van der Waals surface area contributed by atoms with Gasteiger partial charge in [0.1, 0.15) is 18.4 Å². The van der Waals surface area contributed by atoms with E-state index in [2.05, 4.69) is 26.1 Å². The van der Waals surface area contributed by atoms with Crippen molar-refractivity contribution in [1.29, 1.82) is 0 Å². The number of nitrogens with one attached hydrogen (secondary N) is 1. The number of ether oxygens (including phenoxy) is 2. The van der Waals surface area contributed by atoms with Gasteiger partial charge in [-0.15, -0.1) is 0 Å². The van der Waals surface area contributed by atoms with Crippen molar-refractivity contribution in [2.24, 2.45) is 0 Å². The number of benzene rings is 1. The van der Waals surface area contributed by atoms with Crippen molar-refractivity contribution in [3.8, 4) is 5.75 Å². The first-order valence-corrected chi connectivity index (χ1v) is 7.99. The molecule has 5 nitrogen and oxygen atoms in total. The zero-order valence-electron chi connectivity index (χ0n) is 12.2. The maximum absolute atomic E-state index is 11.9. The van der Waals surface area contributed by atoms with Crippen LogP contribution in [0.15, 0.2) is 28.7 Å². The van der Waals surface area contributed by atoms with Gasteiger partial charge in [-0.05, 0) is 31.2 Å². The highest BCUT2D eigenvalue weighted by Gasteiger charge is 2.29. The van der Waals surface area contributed by atoms with E-state index in [1.54, 1.807) is 0 Å². The third-order valence-electron chi connectivity index (χ3n) is 3.37. The van der Waals surface area contributed by atoms with Crippen LogP contribution < -0.4 is 10.1 Å². The van der Waals surface area contributed by atoms with Gasteiger partial charge in [-0.2, -0.15) is 0 Å². The predicted octanol–water partition coefficient (Wildman–Crippen LogP) is 1.66. The molecular formula is C15H21BrN2O3. The molecule has 0 amide bonds. The molecule has 1 N–H and O–H groups in total. The molecule has 1 aliphatic rings. The normalized spacial score (nSPS) is 19.2. The second-order valence-electron chi connectivity index (χ2n) is 4.81. The van der Waals surface area contributed by atoms with Gasteiger partial charge < -0.3 is 14.8 Å². The van der Waals surface area contributed by atoms with Crippen LogP contribution in [0.4, 0.5) is 0 Å². The molecule has 0 saturated carbocycles. The maximum Gasteiger partial charge on any atom is 0.324 e. The Morgan fingerprint density at radius 1 is 1.43 bits per heavy atom. The van der Waals surface area contributed by atoms with E-state index >= 15 is 0 Å². The molecule has 0 radical (unpaired) electrons. The number of piperazine rings is 1. The average Bonchev–Trinajstić information content (AvgIpc) is 2.50. The summed E-state index contributed by atoms with van der Waals surface area (Å²) in [5.74, 6) is 0.675. The van der Waals surface area contributed by atoms with Crippen molar-refractivity contribution in [2.75, 3.05) is 39.4 Å². The monoisotopic (exact) mass is 356 g/mol. The van der Waals surface area contributed by atoms with E-state index in [9.17, 15) is 4.79 Å². The minimum Gasteiger partial charge on any atom is -0.492 e. The van der Waals surface area contributed by atoms with Crippen LogP contribution in [0.3, 0.4) is 0 Å². The predicted molar refractivity (Wildman–Crippen MR) is 84.5 cm³/mol. The first kappa shape index (κ1) is 16.3. The van der Waals surface area contributed by atoms with Crippen LogP contribution in [0.5, 0.6) is 5.75 Å². The standard InChI is InChI=1S/C15H21BrN2O3/c1-2-20-15(19)14-11-17-7-8-18(14)9-10-21-13-5-3-12(16)4-6-13/h3-6,14,17H,2,7-11H2,1H3. The molecule has 1 heterocycles. The molecule has 1 aromatic carbocycles. The first-order chi connectivity index (χ1) is 10.2. The first-order valence-electron chi connectivity index (χ1n) is 7.20. The fourth-order valence-corrected chi connectivity index (χ4v) is 2.56. The van der Waals surface area contributed by atoms with Crippen LogP contribution in [0.2, 0.25) is 0 Å². The van der Waals surface area contributed by atoms with E-state index in [1.165, 1.54) is 0 Å². The second kappa shape index (κ2) is 8.36. The summed E-state index contributed by atoms with van der Waals surface area (Å²) in [4.78, 5) is 14.0. The number of halogens is 1. The number of hydrogen-bond acceptors (Lipinski definition) is 5. The Bertz CT molecular complexity index is 453. The molecule has 0 aromatic heterocycles. The largest absolute Gasteiger partial charge is 0.492 e. The van der Waals surface area contributed by atoms with Gasteiger partial charge in [0.05, 0.1) is 6.61 Å². The Labute approximate surface area is 133 Å². The zero-order valence-corrected chi connectivity index (χ0v) is 13.8. The third-order valence-corrected chi connectivity index (χ3v) is 3.90. The zero-order chi connectivity index (χ0) is 15.1. The second-order valence-corrected chi connectivity index (χ2v) is 5.73. The van der Waals surface area contributed by atoms with Crippen molar-refractivity contribution in [2.45, 2.75) is 13.0 Å². The number of esters is 1. The van der Waals surface area contributed by atoms with Gasteiger partial charge in [0.2, 0.25) is 0 Å². The van der Waals surface area contributed by atoms with Crippen molar-refractivity contribution in [3.63, 3.8) is 0 Å². The van der Waals surface area contributed by atoms with Gasteiger partial charge >= 0.3 is 5.97 Å². The molecule has 116 valence electrons. The molecule has 1 saturated heterocycles. The van der Waals surface area contributed by atoms with Crippen LogP contribution in [0, 0.1) is 0 Å². The van der Waals surface area contributed by atoms with Gasteiger partial charge in [0.25, 0.3) is 0 Å². The van der Waals surface area contributed by atoms with Crippen LogP contribution in [0.1, 0.15) is 6.92 Å². The highest BCUT2D eigenvalue weighted by Crippen LogP contribution is 2.16. The molecule has 21 heavy (non-hydrogen) atoms. The molecule has 1 unspecified atom stereocenters. The lowest BCUT2D eigenvalue weighted by atomic mass is 10.2. The third kappa shape index (κ3) is 4.98. The smallest absolute Gasteiger partial charge is 0.324 e. The molecule has 0 spiro atoms. The lowest BCUT2D eigenvalue weighted by molar-refractivity contribution is -0.150. The number of carbonyl (C=O) groups excluding carboxylic acids is 1. The number of rotatable bonds is 6. The van der Waals surface area contributed by atoms with Crippen molar-refractivity contribution in [3.05, 3.63) is 28.7 Å². The highest BCUT2D eigenvalue weighted by atomic mass is 79.9. The van der Waals surface area contributed by atoms with Crippen LogP contribution in [-0.2, 0) is 9.53 Å². The van der Waals surface area contributed by atoms with E-state index in [0.29, 0.717) is 26.3 Å². The molecule has 1 aromatic rings. The molecule has 1 aliphatic heterocycles. The van der Waals surface area contributed by atoms with E-state index in [-0.39, 0.29) is 12.0 Å². The Kier molecular flexibility index (Phi) is 6.48. The van der Waals surface area contributed by atoms with Crippen molar-refractivity contribution in [1.82, 2.24) is 10.2 Å². The summed E-state index contributed by atoms with van der Waals surface area (Å²) in [5.41, 5.74) is 0. The Morgan fingerprint density at radius 2 is 2.19 bits per heavy atom. The Morgan fingerprint density at radius 3 is 2.90 bits per heavy atom. The van der Waals surface area contributed by atoms with Crippen molar-refractivity contribution < 1.29 is 14.3 Å². The highest BCUT2D eigenvalue weighted by molar-refractivity contribution is 9.10. The fraction of sp³-hybridized carbons (Fsp3) is 0.533. The summed E-state index contributed by atoms with van der Waals surface area (Å²) in [6.45, 7) is 5.85. The minimum atomic E-state index is -0.216. The van der Waals surface area contributed by atoms with E-state index in [4.69, 9.17) is 9.47 Å². The lowest BCUT2D eigenvalue weighted by Crippen LogP contribution is -2.56. The maximum atomic E-state index is 11.9. The van der Waals surface area contributed by atoms with Crippen LogP contribution in [0.25, 0.3) is 0 Å². The molecular weight excluding hydrogens is 336 g/mol. The fourth-order valence-electron chi connectivity index (χ4n) is 2.30. The van der Waals surface area contributed by atoms with Gasteiger partial charge in [-0.1, -0.05) is 15.9 Å². The Balaban J connectivity index is 1.82. The van der Waals surface area contributed by atoms with Gasteiger partial charge in [-0.25, -0.2) is 0 Å². The summed E-state index contributed by atoms with van der Waals surface area (Å²) in [7, 11) is 0. The number of hydrogen-bond donors (Lipinski definition) is 1. The molecule has 0 bridgehead atoms. The van der Waals surface area contributed by atoms with E-state index < -0.39 is 0 Å². The molecule has 6 heteroatoms. The topological polar surface area (TPSA) is 50.8 Å². The number of carbonyl (C=O) groups is 1. The molecule has 1 fully saturated rings. The quantitative estimate of drug-likeness (QED) is 0.785. The summed E-state index contributed by atoms with van der Waals surface area (Å²) in [6.07, 6.45) is 0. The van der Waals surface area contributed by atoms with E-state index in [0.717, 1.165) is 23.3 Å². The van der Waals surface area contributed by atoms with Crippen LogP contribution in [-0.4, -0.2) is 56.3 Å². The van der Waals surface area contributed by atoms with Crippen LogP contribution >= 0.6 is 15.9 Å². The number of nitrogens with zero attached hydrogens (tertiary/aromatic N) is 1. The lowest BCUT2D eigenvalue weighted by Gasteiger charge is -2.34. The van der Waals surface area contributed by atoms with Crippen molar-refractivity contribution >= 4 is 21.9 Å². The molecule has 0 aliphatic carbocycles. The summed E-state index contributed by atoms with van der Waals surface area (Å²) in [5, 5.41) is 3.23. The summed E-state index contributed by atoms with van der Waals surface area (Å²) in [6, 6.07) is 7.52.